The van der Waals surface area contributed by atoms with Crippen LogP contribution in [0.4, 0.5) is 5.69 Å². The van der Waals surface area contributed by atoms with Crippen molar-refractivity contribution in [3.63, 3.8) is 0 Å². The van der Waals surface area contributed by atoms with Gasteiger partial charge >= 0.3 is 5.97 Å². The van der Waals surface area contributed by atoms with Crippen molar-refractivity contribution in [3.05, 3.63) is 138 Å². The highest BCUT2D eigenvalue weighted by atomic mass is 16.5. The van der Waals surface area contributed by atoms with Crippen molar-refractivity contribution in [2.24, 2.45) is 11.3 Å². The third-order valence-electron chi connectivity index (χ3n) is 14.1. The molecule has 1 fully saturated rings. The minimum absolute atomic E-state index is 0.0226. The molecule has 3 aromatic carbocycles. The van der Waals surface area contributed by atoms with E-state index < -0.39 is 65.1 Å². The Bertz CT molecular complexity index is 2640. The normalized spacial score (nSPS) is 22.6. The number of benzene rings is 3. The number of nitrogens with one attached hydrogen (secondary N) is 2. The number of rotatable bonds is 7. The standard InChI is InChI=1S/C61H81N7O10/c1-11-33-67-39-54(71)65(9)50(36-42(2)3)57(73)64(8)34-20-18-23-43(4)78-41-61(6,7)56(72)44(5)68-35-21-19-30-49(68)60(76)77-40-46-26-22-29-48(37-46)62-52(69)31-32-53(70)63-55(47-27-16-13-17-28-47)59(75)66(10)51(58(67)74)38-45-24-14-12-15-25-45/h12-18,22-29,37,42,49-51,55H,4-5,11,19-21,30-36,38-41H2,1-3,6-10H3,(H,62,69)(H,63,70)/b23-18+/t49?,50-,51-,55-/m0/s1. The Labute approximate surface area is 461 Å². The predicted octanol–water partition coefficient (Wildman–Crippen LogP) is 7.40. The number of likely N-dealkylation sites (N-methyl/N-ethyl adjacent to an activating group) is 3. The van der Waals surface area contributed by atoms with Crippen LogP contribution in [0.15, 0.2) is 122 Å². The molecule has 2 aliphatic rings. The fourth-order valence-corrected chi connectivity index (χ4v) is 9.51. The lowest BCUT2D eigenvalue weighted by Crippen LogP contribution is -2.56. The molecule has 0 radical (unpaired) electrons. The molecule has 0 saturated carbocycles. The molecule has 2 heterocycles. The molecule has 2 aliphatic heterocycles. The Kier molecular flexibility index (Phi) is 23.0. The number of carbonyl (C=O) groups excluding carboxylic acids is 8. The lowest BCUT2D eigenvalue weighted by Gasteiger charge is -2.38. The molecule has 3 aromatic rings. The fraction of sp³-hybridized carbons (Fsp3) is 0.475. The van der Waals surface area contributed by atoms with Gasteiger partial charge in [-0.25, -0.2) is 4.79 Å². The molecule has 17 heteroatoms. The first-order valence-corrected chi connectivity index (χ1v) is 27.1. The molecular weight excluding hydrogens is 991 g/mol. The van der Waals surface area contributed by atoms with Gasteiger partial charge in [0.25, 0.3) is 0 Å². The minimum atomic E-state index is -1.25. The number of nitrogens with zero attached hydrogens (tertiary/aromatic N) is 5. The van der Waals surface area contributed by atoms with Crippen LogP contribution in [0.3, 0.4) is 0 Å². The number of piperidine rings is 1. The van der Waals surface area contributed by atoms with Crippen molar-refractivity contribution in [1.82, 2.24) is 29.8 Å². The third kappa shape index (κ3) is 17.5. The topological polar surface area (TPSA) is 195 Å². The molecule has 1 saturated heterocycles. The maximum atomic E-state index is 15.0. The van der Waals surface area contributed by atoms with Gasteiger partial charge in [0.2, 0.25) is 35.4 Å². The lowest BCUT2D eigenvalue weighted by atomic mass is 9.86. The van der Waals surface area contributed by atoms with E-state index in [4.69, 9.17) is 9.47 Å². The first kappa shape index (κ1) is 61.3. The van der Waals surface area contributed by atoms with Crippen LogP contribution in [-0.4, -0.2) is 144 Å². The van der Waals surface area contributed by atoms with Crippen LogP contribution in [0.2, 0.25) is 0 Å². The van der Waals surface area contributed by atoms with E-state index in [9.17, 15) is 33.6 Å². The number of ketones is 1. The molecule has 4 atom stereocenters. The van der Waals surface area contributed by atoms with Crippen LogP contribution in [-0.2, 0) is 60.9 Å². The predicted molar refractivity (Wildman–Crippen MR) is 300 cm³/mol. The zero-order valence-corrected chi connectivity index (χ0v) is 47.0. The summed E-state index contributed by atoms with van der Waals surface area (Å²) < 4.78 is 11.8. The van der Waals surface area contributed by atoms with Crippen LogP contribution in [0.25, 0.3) is 0 Å². The lowest BCUT2D eigenvalue weighted by molar-refractivity contribution is -0.152. The molecule has 17 nitrogen and oxygen atoms in total. The van der Waals surface area contributed by atoms with Gasteiger partial charge in [-0.05, 0) is 93.2 Å². The summed E-state index contributed by atoms with van der Waals surface area (Å²) >= 11 is 0. The summed E-state index contributed by atoms with van der Waals surface area (Å²) in [6.07, 6.45) is 6.30. The average Bonchev–Trinajstić information content (AvgIpc) is 3.44. The number of amides is 6. The summed E-state index contributed by atoms with van der Waals surface area (Å²) in [5.41, 5.74) is 1.35. The number of hydrogen-bond acceptors (Lipinski definition) is 11. The van der Waals surface area contributed by atoms with Gasteiger partial charge in [-0.2, -0.15) is 0 Å². The van der Waals surface area contributed by atoms with Gasteiger partial charge in [-0.3, -0.25) is 33.6 Å². The van der Waals surface area contributed by atoms with E-state index in [-0.39, 0.29) is 68.9 Å². The van der Waals surface area contributed by atoms with Gasteiger partial charge in [0, 0.05) is 65.7 Å². The summed E-state index contributed by atoms with van der Waals surface area (Å²) in [7, 11) is 4.75. The third-order valence-corrected chi connectivity index (χ3v) is 14.1. The summed E-state index contributed by atoms with van der Waals surface area (Å²) in [6.45, 7) is 17.9. The van der Waals surface area contributed by atoms with Gasteiger partial charge in [-0.1, -0.05) is 113 Å². The molecule has 0 aliphatic carbocycles. The average molecular weight is 1070 g/mol. The van der Waals surface area contributed by atoms with Gasteiger partial charge in [0.15, 0.2) is 5.78 Å². The van der Waals surface area contributed by atoms with Gasteiger partial charge < -0.3 is 44.6 Å². The van der Waals surface area contributed by atoms with Crippen LogP contribution < -0.4 is 10.6 Å². The first-order valence-electron chi connectivity index (χ1n) is 27.1. The van der Waals surface area contributed by atoms with Crippen molar-refractivity contribution >= 4 is 52.9 Å². The number of esters is 1. The fourth-order valence-electron chi connectivity index (χ4n) is 9.51. The van der Waals surface area contributed by atoms with Crippen LogP contribution >= 0.6 is 0 Å². The number of fused-ring (bicyclic) bond motifs is 3. The number of allylic oxidation sites excluding steroid dienone is 2. The van der Waals surface area contributed by atoms with Crippen molar-refractivity contribution in [3.8, 4) is 0 Å². The van der Waals surface area contributed by atoms with Gasteiger partial charge in [0.1, 0.15) is 43.1 Å². The molecule has 78 heavy (non-hydrogen) atoms. The quantitative estimate of drug-likeness (QED) is 0.177. The maximum absolute atomic E-state index is 15.0. The van der Waals surface area contributed by atoms with Crippen LogP contribution in [0, 0.1) is 11.3 Å². The Balaban J connectivity index is 1.45. The Morgan fingerprint density at radius 1 is 0.756 bits per heavy atom. The number of anilines is 1. The second kappa shape index (κ2) is 29.3. The number of ether oxygens (including phenoxy) is 2. The molecular formula is C61H81N7O10. The first-order chi connectivity index (χ1) is 37.1. The van der Waals surface area contributed by atoms with Gasteiger partial charge in [0.05, 0.1) is 17.7 Å². The number of Topliss-reactive ketones (excluding diaryl/α,β-unsaturated/α-hetero) is 1. The Hall–Kier alpha value is -7.56. The summed E-state index contributed by atoms with van der Waals surface area (Å²) in [4.78, 5) is 121. The minimum Gasteiger partial charge on any atom is -0.493 e. The van der Waals surface area contributed by atoms with E-state index in [2.05, 4.69) is 23.8 Å². The Morgan fingerprint density at radius 2 is 1.44 bits per heavy atom. The highest BCUT2D eigenvalue weighted by molar-refractivity contribution is 5.99. The van der Waals surface area contributed by atoms with Crippen molar-refractivity contribution in [2.75, 3.05) is 59.2 Å². The monoisotopic (exact) mass is 1070 g/mol. The van der Waals surface area contributed by atoms with E-state index in [1.165, 1.54) is 21.7 Å². The Morgan fingerprint density at radius 3 is 2.12 bits per heavy atom. The molecule has 6 amide bonds. The van der Waals surface area contributed by atoms with E-state index in [1.807, 2.05) is 57.2 Å². The summed E-state index contributed by atoms with van der Waals surface area (Å²) in [6, 6.07) is 20.6. The van der Waals surface area contributed by atoms with Crippen LogP contribution in [0.5, 0.6) is 0 Å². The van der Waals surface area contributed by atoms with E-state index in [0.29, 0.717) is 61.3 Å². The molecule has 420 valence electrons. The smallest absolute Gasteiger partial charge is 0.329 e. The zero-order valence-electron chi connectivity index (χ0n) is 47.0. The van der Waals surface area contributed by atoms with Crippen molar-refractivity contribution < 1.29 is 47.8 Å². The van der Waals surface area contributed by atoms with E-state index in [1.54, 1.807) is 98.4 Å². The van der Waals surface area contributed by atoms with Crippen molar-refractivity contribution in [2.45, 2.75) is 123 Å². The molecule has 5 rings (SSSR count). The second-order valence-electron chi connectivity index (χ2n) is 21.4. The molecule has 0 spiro atoms. The number of hydrogen-bond donors (Lipinski definition) is 2. The highest BCUT2D eigenvalue weighted by Gasteiger charge is 2.40. The molecule has 2 bridgehead atoms. The summed E-state index contributed by atoms with van der Waals surface area (Å²) in [5, 5.41) is 5.64. The largest absolute Gasteiger partial charge is 0.493 e. The highest BCUT2D eigenvalue weighted by Crippen LogP contribution is 2.30. The zero-order chi connectivity index (χ0) is 57.1. The molecule has 2 N–H and O–H groups in total. The van der Waals surface area contributed by atoms with Crippen molar-refractivity contribution in [1.29, 1.82) is 0 Å². The summed E-state index contributed by atoms with van der Waals surface area (Å²) in [5.74, 6) is -3.36. The number of cyclic esters (lactones) is 1. The molecule has 0 aromatic heterocycles. The number of carbonyl (C=O) groups is 8. The van der Waals surface area contributed by atoms with E-state index >= 15 is 4.79 Å². The van der Waals surface area contributed by atoms with Crippen LogP contribution in [0.1, 0.15) is 109 Å². The second-order valence-corrected chi connectivity index (χ2v) is 21.4. The SMILES string of the molecule is C=C1/C=C/CCN(C)C(=O)[C@H](CC(C)C)N(C)C(=O)CN(CCC)C(=O)[C@H](Cc2ccccc2)N(C)C(=O)[C@H](c2ccccc2)NC(=O)CCC(=O)Nc2cccc(c2)COC(=O)C2CCCCN2C(=C)C(=O)C(C)(C)CO1. The maximum Gasteiger partial charge on any atom is 0.329 e. The van der Waals surface area contributed by atoms with Gasteiger partial charge in [-0.15, -0.1) is 0 Å². The molecule has 1 unspecified atom stereocenters. The van der Waals surface area contributed by atoms with E-state index in [0.717, 1.165) is 18.4 Å².